The first-order valence-corrected chi connectivity index (χ1v) is 9.43. The van der Waals surface area contributed by atoms with Gasteiger partial charge in [-0.1, -0.05) is 19.8 Å². The zero-order valence-corrected chi connectivity index (χ0v) is 15.1. The summed E-state index contributed by atoms with van der Waals surface area (Å²) in [5.74, 6) is 1.43. The molecule has 0 amide bonds. The normalized spacial score (nSPS) is 24.4. The summed E-state index contributed by atoms with van der Waals surface area (Å²) in [7, 11) is 1.86. The molecule has 2 heterocycles. The summed E-state index contributed by atoms with van der Waals surface area (Å²) < 4.78 is 1.99. The second kappa shape index (κ2) is 8.51. The molecule has 3 rings (SSSR count). The molecule has 0 spiro atoms. The number of rotatable bonds is 6. The Morgan fingerprint density at radius 1 is 1.33 bits per heavy atom. The Morgan fingerprint density at radius 3 is 2.88 bits per heavy atom. The first-order chi connectivity index (χ1) is 11.7. The van der Waals surface area contributed by atoms with Crippen LogP contribution in [0.5, 0.6) is 0 Å². The molecule has 1 aliphatic carbocycles. The zero-order valence-electron chi connectivity index (χ0n) is 15.1. The van der Waals surface area contributed by atoms with Gasteiger partial charge in [-0.05, 0) is 31.2 Å². The van der Waals surface area contributed by atoms with Gasteiger partial charge in [0.2, 0.25) is 0 Å². The fraction of sp³-hybridized carbons (Fsp3) is 0.778. The van der Waals surface area contributed by atoms with Crippen molar-refractivity contribution < 1.29 is 0 Å². The Morgan fingerprint density at radius 2 is 2.17 bits per heavy atom. The van der Waals surface area contributed by atoms with Crippen LogP contribution in [-0.4, -0.2) is 59.4 Å². The highest BCUT2D eigenvalue weighted by atomic mass is 15.3. The lowest BCUT2D eigenvalue weighted by atomic mass is 10.2. The Hall–Kier alpha value is -1.56. The van der Waals surface area contributed by atoms with Crippen molar-refractivity contribution in [2.75, 3.05) is 26.7 Å². The molecule has 2 fully saturated rings. The minimum atomic E-state index is 0.502. The third-order valence-corrected chi connectivity index (χ3v) is 5.30. The van der Waals surface area contributed by atoms with Gasteiger partial charge in [0.15, 0.2) is 5.96 Å². The molecule has 134 valence electrons. The van der Waals surface area contributed by atoms with Crippen molar-refractivity contribution in [1.29, 1.82) is 0 Å². The van der Waals surface area contributed by atoms with Crippen molar-refractivity contribution in [2.24, 2.45) is 10.9 Å². The highest BCUT2D eigenvalue weighted by molar-refractivity contribution is 5.80. The van der Waals surface area contributed by atoms with Crippen molar-refractivity contribution >= 4 is 5.96 Å². The van der Waals surface area contributed by atoms with Gasteiger partial charge in [0.1, 0.15) is 0 Å². The van der Waals surface area contributed by atoms with Crippen LogP contribution in [0.3, 0.4) is 0 Å². The SMILES string of the molecule is CN=C(NCC(C)Cn1cccn1)NC1CCN(C2CCCC2)C1. The maximum absolute atomic E-state index is 4.40. The van der Waals surface area contributed by atoms with E-state index in [1.54, 1.807) is 0 Å². The maximum atomic E-state index is 4.40. The van der Waals surface area contributed by atoms with Gasteiger partial charge in [-0.15, -0.1) is 0 Å². The number of nitrogens with one attached hydrogen (secondary N) is 2. The van der Waals surface area contributed by atoms with E-state index in [2.05, 4.69) is 32.5 Å². The number of likely N-dealkylation sites (tertiary alicyclic amines) is 1. The predicted octanol–water partition coefficient (Wildman–Crippen LogP) is 1.70. The van der Waals surface area contributed by atoms with Crippen LogP contribution >= 0.6 is 0 Å². The molecule has 0 radical (unpaired) electrons. The van der Waals surface area contributed by atoms with Crippen LogP contribution in [0.4, 0.5) is 0 Å². The number of aromatic nitrogens is 2. The number of hydrogen-bond acceptors (Lipinski definition) is 3. The van der Waals surface area contributed by atoms with Crippen LogP contribution in [0, 0.1) is 5.92 Å². The lowest BCUT2D eigenvalue weighted by Crippen LogP contribution is -2.46. The molecule has 6 nitrogen and oxygen atoms in total. The van der Waals surface area contributed by atoms with Crippen molar-refractivity contribution in [3.8, 4) is 0 Å². The van der Waals surface area contributed by atoms with Gasteiger partial charge in [0.05, 0.1) is 0 Å². The van der Waals surface area contributed by atoms with E-state index in [0.717, 1.165) is 31.6 Å². The van der Waals surface area contributed by atoms with E-state index in [1.807, 2.05) is 30.2 Å². The lowest BCUT2D eigenvalue weighted by Gasteiger charge is -2.24. The fourth-order valence-electron chi connectivity index (χ4n) is 3.96. The van der Waals surface area contributed by atoms with Gasteiger partial charge in [-0.2, -0.15) is 5.10 Å². The third-order valence-electron chi connectivity index (χ3n) is 5.30. The molecule has 1 aromatic heterocycles. The highest BCUT2D eigenvalue weighted by Gasteiger charge is 2.30. The van der Waals surface area contributed by atoms with Gasteiger partial charge in [0.25, 0.3) is 0 Å². The number of nitrogens with zero attached hydrogens (tertiary/aromatic N) is 4. The van der Waals surface area contributed by atoms with Crippen molar-refractivity contribution in [1.82, 2.24) is 25.3 Å². The standard InChI is InChI=1S/C18H32N6/c1-15(13-24-10-5-9-21-24)12-20-18(19-2)22-16-8-11-23(14-16)17-6-3-4-7-17/h5,9-10,15-17H,3-4,6-8,11-14H2,1-2H3,(H2,19,20,22). The Labute approximate surface area is 145 Å². The van der Waals surface area contributed by atoms with E-state index in [0.29, 0.717) is 12.0 Å². The average Bonchev–Trinajstić information content (AvgIpc) is 3.32. The molecular formula is C18H32N6. The fourth-order valence-corrected chi connectivity index (χ4v) is 3.96. The molecule has 1 aliphatic heterocycles. The molecule has 0 bridgehead atoms. The van der Waals surface area contributed by atoms with Gasteiger partial charge in [-0.3, -0.25) is 14.6 Å². The van der Waals surface area contributed by atoms with Gasteiger partial charge < -0.3 is 10.6 Å². The first kappa shape index (κ1) is 17.3. The Kier molecular flexibility index (Phi) is 6.12. The smallest absolute Gasteiger partial charge is 0.191 e. The number of hydrogen-bond donors (Lipinski definition) is 2. The van der Waals surface area contributed by atoms with E-state index in [1.165, 1.54) is 38.6 Å². The summed E-state index contributed by atoms with van der Waals surface area (Å²) in [6.45, 7) is 6.46. The molecule has 6 heteroatoms. The molecular weight excluding hydrogens is 300 g/mol. The second-order valence-corrected chi connectivity index (χ2v) is 7.35. The van der Waals surface area contributed by atoms with E-state index in [-0.39, 0.29) is 0 Å². The molecule has 2 N–H and O–H groups in total. The van der Waals surface area contributed by atoms with Crippen LogP contribution in [0.2, 0.25) is 0 Å². The molecule has 2 atom stereocenters. The van der Waals surface area contributed by atoms with Crippen LogP contribution in [0.15, 0.2) is 23.5 Å². The van der Waals surface area contributed by atoms with Crippen molar-refractivity contribution in [3.05, 3.63) is 18.5 Å². The molecule has 0 aromatic carbocycles. The zero-order chi connectivity index (χ0) is 16.8. The minimum absolute atomic E-state index is 0.502. The second-order valence-electron chi connectivity index (χ2n) is 7.35. The summed E-state index contributed by atoms with van der Waals surface area (Å²) in [6.07, 6.45) is 10.7. The number of guanidine groups is 1. The summed E-state index contributed by atoms with van der Waals surface area (Å²) in [6, 6.07) is 3.33. The molecule has 2 aliphatic rings. The first-order valence-electron chi connectivity index (χ1n) is 9.43. The topological polar surface area (TPSA) is 57.5 Å². The van der Waals surface area contributed by atoms with Crippen LogP contribution in [-0.2, 0) is 6.54 Å². The van der Waals surface area contributed by atoms with Crippen LogP contribution in [0.1, 0.15) is 39.0 Å². The summed E-state index contributed by atoms with van der Waals surface area (Å²) >= 11 is 0. The van der Waals surface area contributed by atoms with Crippen LogP contribution < -0.4 is 10.6 Å². The van der Waals surface area contributed by atoms with Gasteiger partial charge in [-0.25, -0.2) is 0 Å². The third kappa shape index (κ3) is 4.72. The molecule has 1 aromatic rings. The molecule has 1 saturated heterocycles. The monoisotopic (exact) mass is 332 g/mol. The predicted molar refractivity (Wildman–Crippen MR) is 98.1 cm³/mol. The lowest BCUT2D eigenvalue weighted by molar-refractivity contribution is 0.242. The molecule has 24 heavy (non-hydrogen) atoms. The largest absolute Gasteiger partial charge is 0.356 e. The number of aliphatic imine (C=N–C) groups is 1. The van der Waals surface area contributed by atoms with E-state index >= 15 is 0 Å². The van der Waals surface area contributed by atoms with Crippen molar-refractivity contribution in [2.45, 2.75) is 57.7 Å². The van der Waals surface area contributed by atoms with Crippen molar-refractivity contribution in [3.63, 3.8) is 0 Å². The van der Waals surface area contributed by atoms with Gasteiger partial charge >= 0.3 is 0 Å². The Bertz CT molecular complexity index is 506. The highest BCUT2D eigenvalue weighted by Crippen LogP contribution is 2.26. The van der Waals surface area contributed by atoms with E-state index < -0.39 is 0 Å². The molecule has 1 saturated carbocycles. The Balaban J connectivity index is 1.38. The van der Waals surface area contributed by atoms with E-state index in [9.17, 15) is 0 Å². The molecule has 2 unspecified atom stereocenters. The van der Waals surface area contributed by atoms with Crippen LogP contribution in [0.25, 0.3) is 0 Å². The summed E-state index contributed by atoms with van der Waals surface area (Å²) in [4.78, 5) is 7.08. The van der Waals surface area contributed by atoms with Gasteiger partial charge in [0, 0.05) is 57.7 Å². The summed E-state index contributed by atoms with van der Waals surface area (Å²) in [5.41, 5.74) is 0. The maximum Gasteiger partial charge on any atom is 0.191 e. The summed E-state index contributed by atoms with van der Waals surface area (Å²) in [5, 5.41) is 11.4. The quantitative estimate of drug-likeness (QED) is 0.615. The van der Waals surface area contributed by atoms with E-state index in [4.69, 9.17) is 0 Å². The minimum Gasteiger partial charge on any atom is -0.356 e. The average molecular weight is 332 g/mol.